The highest BCUT2D eigenvalue weighted by molar-refractivity contribution is 5.83. The molecule has 1 fully saturated rings. The van der Waals surface area contributed by atoms with Gasteiger partial charge in [-0.05, 0) is 19.8 Å². The lowest BCUT2D eigenvalue weighted by Crippen LogP contribution is -2.52. The van der Waals surface area contributed by atoms with Crippen LogP contribution in [0.3, 0.4) is 0 Å². The Morgan fingerprint density at radius 1 is 1.60 bits per heavy atom. The lowest BCUT2D eigenvalue weighted by Gasteiger charge is -2.37. The van der Waals surface area contributed by atoms with Crippen molar-refractivity contribution in [3.63, 3.8) is 0 Å². The molecule has 0 bridgehead atoms. The molecule has 1 saturated heterocycles. The Labute approximate surface area is 89.8 Å². The molecule has 1 aliphatic heterocycles. The van der Waals surface area contributed by atoms with Crippen molar-refractivity contribution >= 4 is 5.91 Å². The van der Waals surface area contributed by atoms with Gasteiger partial charge < -0.3 is 21.3 Å². The first-order chi connectivity index (χ1) is 6.85. The Morgan fingerprint density at radius 2 is 2.20 bits per heavy atom. The van der Waals surface area contributed by atoms with E-state index >= 15 is 0 Å². The Bertz CT molecular complexity index is 235. The number of primary amides is 1. The van der Waals surface area contributed by atoms with Crippen LogP contribution in [0, 0.1) is 5.92 Å². The number of carbonyl (C=O) groups excluding carboxylic acids is 1. The smallest absolute Gasteiger partial charge is 0.249 e. The number of nitrogens with two attached hydrogens (primary N) is 2. The van der Waals surface area contributed by atoms with E-state index in [9.17, 15) is 9.90 Å². The van der Waals surface area contributed by atoms with Crippen LogP contribution in [0.2, 0.25) is 0 Å². The molecular formula is C10H20N2O3. The summed E-state index contributed by atoms with van der Waals surface area (Å²) in [5, 5.41) is 9.89. The summed E-state index contributed by atoms with van der Waals surface area (Å²) in [6.07, 6.45) is 1.46. The lowest BCUT2D eigenvalue weighted by molar-refractivity contribution is -0.149. The summed E-state index contributed by atoms with van der Waals surface area (Å²) in [6.45, 7) is 3.67. The number of hydrogen-bond donors (Lipinski definition) is 3. The molecule has 5 N–H and O–H groups in total. The van der Waals surface area contributed by atoms with E-state index in [4.69, 9.17) is 16.2 Å². The van der Waals surface area contributed by atoms with Gasteiger partial charge in [0.1, 0.15) is 5.60 Å². The van der Waals surface area contributed by atoms with Crippen LogP contribution in [0.5, 0.6) is 0 Å². The van der Waals surface area contributed by atoms with Gasteiger partial charge >= 0.3 is 0 Å². The molecule has 0 spiro atoms. The maximum Gasteiger partial charge on any atom is 0.249 e. The van der Waals surface area contributed by atoms with E-state index in [0.29, 0.717) is 6.61 Å². The van der Waals surface area contributed by atoms with Gasteiger partial charge in [-0.1, -0.05) is 6.92 Å². The summed E-state index contributed by atoms with van der Waals surface area (Å²) in [4.78, 5) is 11.1. The van der Waals surface area contributed by atoms with Gasteiger partial charge in [0.2, 0.25) is 5.91 Å². The number of carbonyl (C=O) groups is 1. The molecule has 15 heavy (non-hydrogen) atoms. The fraction of sp³-hybridized carbons (Fsp3) is 0.900. The zero-order chi connectivity index (χ0) is 11.6. The number of ether oxygens (including phenoxy) is 1. The Balaban J connectivity index is 2.60. The molecule has 0 aromatic rings. The van der Waals surface area contributed by atoms with E-state index in [2.05, 4.69) is 0 Å². The van der Waals surface area contributed by atoms with Crippen LogP contribution in [0.15, 0.2) is 0 Å². The predicted molar refractivity (Wildman–Crippen MR) is 55.9 cm³/mol. The van der Waals surface area contributed by atoms with Crippen LogP contribution < -0.4 is 11.5 Å². The molecule has 88 valence electrons. The van der Waals surface area contributed by atoms with Crippen molar-refractivity contribution in [2.75, 3.05) is 6.61 Å². The molecule has 0 saturated carbocycles. The zero-order valence-corrected chi connectivity index (χ0v) is 9.27. The van der Waals surface area contributed by atoms with Gasteiger partial charge in [-0.15, -0.1) is 0 Å². The number of rotatable bonds is 3. The first-order valence-electron chi connectivity index (χ1n) is 5.25. The van der Waals surface area contributed by atoms with Crippen LogP contribution in [-0.4, -0.2) is 35.4 Å². The molecule has 1 unspecified atom stereocenters. The van der Waals surface area contributed by atoms with Crippen molar-refractivity contribution in [3.8, 4) is 0 Å². The molecule has 1 amide bonds. The third-order valence-corrected chi connectivity index (χ3v) is 3.29. The first-order valence-corrected chi connectivity index (χ1v) is 5.25. The second-order valence-electron chi connectivity index (χ2n) is 4.51. The molecule has 1 rings (SSSR count). The third kappa shape index (κ3) is 2.68. The normalized spacial score (nSPS) is 33.1. The van der Waals surface area contributed by atoms with E-state index in [1.165, 1.54) is 6.92 Å². The van der Waals surface area contributed by atoms with E-state index in [-0.39, 0.29) is 18.1 Å². The van der Waals surface area contributed by atoms with E-state index in [0.717, 1.165) is 12.8 Å². The molecule has 0 aromatic heterocycles. The molecule has 5 heteroatoms. The van der Waals surface area contributed by atoms with Gasteiger partial charge in [-0.2, -0.15) is 0 Å². The molecule has 5 nitrogen and oxygen atoms in total. The maximum absolute atomic E-state index is 11.1. The van der Waals surface area contributed by atoms with Crippen molar-refractivity contribution in [3.05, 3.63) is 0 Å². The monoisotopic (exact) mass is 216 g/mol. The summed E-state index contributed by atoms with van der Waals surface area (Å²) in [6, 6.07) is 0.0620. The molecule has 0 aromatic carbocycles. The minimum atomic E-state index is -1.52. The van der Waals surface area contributed by atoms with Gasteiger partial charge in [0.05, 0.1) is 12.7 Å². The summed E-state index contributed by atoms with van der Waals surface area (Å²) < 4.78 is 5.50. The summed E-state index contributed by atoms with van der Waals surface area (Å²) in [7, 11) is 0. The Morgan fingerprint density at radius 3 is 2.60 bits per heavy atom. The van der Waals surface area contributed by atoms with E-state index in [1.807, 2.05) is 0 Å². The van der Waals surface area contributed by atoms with Crippen LogP contribution in [0.4, 0.5) is 0 Å². The van der Waals surface area contributed by atoms with E-state index < -0.39 is 11.5 Å². The Hall–Kier alpha value is -0.650. The molecule has 1 aliphatic rings. The van der Waals surface area contributed by atoms with E-state index in [1.54, 1.807) is 6.92 Å². The Kier molecular flexibility index (Phi) is 3.70. The minimum absolute atomic E-state index is 0.0620. The largest absolute Gasteiger partial charge is 0.380 e. The van der Waals surface area contributed by atoms with Crippen LogP contribution >= 0.6 is 0 Å². The number of aliphatic hydroxyl groups is 1. The van der Waals surface area contributed by atoms with Gasteiger partial charge in [0, 0.05) is 12.0 Å². The zero-order valence-electron chi connectivity index (χ0n) is 9.27. The summed E-state index contributed by atoms with van der Waals surface area (Å²) in [5.74, 6) is -1.03. The second-order valence-corrected chi connectivity index (χ2v) is 4.51. The van der Waals surface area contributed by atoms with Gasteiger partial charge in [-0.3, -0.25) is 4.79 Å². The molecular weight excluding hydrogens is 196 g/mol. The van der Waals surface area contributed by atoms with Crippen LogP contribution in [0.25, 0.3) is 0 Å². The fourth-order valence-corrected chi connectivity index (χ4v) is 1.77. The van der Waals surface area contributed by atoms with Gasteiger partial charge in [0.25, 0.3) is 0 Å². The maximum atomic E-state index is 11.1. The van der Waals surface area contributed by atoms with Crippen molar-refractivity contribution < 1.29 is 14.6 Å². The molecule has 4 atom stereocenters. The predicted octanol–water partition coefficient (Wildman–Crippen LogP) is -0.635. The van der Waals surface area contributed by atoms with Crippen molar-refractivity contribution in [2.24, 2.45) is 17.4 Å². The SMILES string of the molecule is C[C@@H]([C@@H]1CC[C@@H](N)CO1)C(C)(O)C(N)=O. The third-order valence-electron chi connectivity index (χ3n) is 3.29. The van der Waals surface area contributed by atoms with Crippen LogP contribution in [0.1, 0.15) is 26.7 Å². The molecule has 0 aliphatic carbocycles. The fourth-order valence-electron chi connectivity index (χ4n) is 1.77. The highest BCUT2D eigenvalue weighted by atomic mass is 16.5. The average Bonchev–Trinajstić information content (AvgIpc) is 2.17. The van der Waals surface area contributed by atoms with Crippen LogP contribution in [-0.2, 0) is 9.53 Å². The van der Waals surface area contributed by atoms with Crippen molar-refractivity contribution in [2.45, 2.75) is 44.4 Å². The average molecular weight is 216 g/mol. The summed E-state index contributed by atoms with van der Waals surface area (Å²) in [5.41, 5.74) is 9.30. The highest BCUT2D eigenvalue weighted by Crippen LogP contribution is 2.27. The minimum Gasteiger partial charge on any atom is -0.380 e. The second kappa shape index (κ2) is 4.47. The van der Waals surface area contributed by atoms with Crippen molar-refractivity contribution in [1.82, 2.24) is 0 Å². The standard InChI is InChI=1S/C10H20N2O3/c1-6(10(2,14)9(12)13)8-4-3-7(11)5-15-8/h6-8,14H,3-5,11H2,1-2H3,(H2,12,13)/t6-,7+,8-,10?/m0/s1. The van der Waals surface area contributed by atoms with Gasteiger partial charge in [-0.25, -0.2) is 0 Å². The molecule has 0 radical (unpaired) electrons. The van der Waals surface area contributed by atoms with Gasteiger partial charge in [0.15, 0.2) is 0 Å². The highest BCUT2D eigenvalue weighted by Gasteiger charge is 2.40. The quantitative estimate of drug-likeness (QED) is 0.584. The topological polar surface area (TPSA) is 98.6 Å². The van der Waals surface area contributed by atoms with Crippen molar-refractivity contribution in [1.29, 1.82) is 0 Å². The first kappa shape index (κ1) is 12.4. The number of amides is 1. The number of hydrogen-bond acceptors (Lipinski definition) is 4. The molecule has 1 heterocycles. The summed E-state index contributed by atoms with van der Waals surface area (Å²) >= 11 is 0. The lowest BCUT2D eigenvalue weighted by atomic mass is 9.82.